The van der Waals surface area contributed by atoms with E-state index in [2.05, 4.69) is 38.3 Å². The number of methoxy groups -OCH3 is 1. The Balaban J connectivity index is 0.000000233. The Morgan fingerprint density at radius 2 is 1.72 bits per heavy atom. The summed E-state index contributed by atoms with van der Waals surface area (Å²) in [5.41, 5.74) is 1.98. The van der Waals surface area contributed by atoms with Gasteiger partial charge in [0.1, 0.15) is 23.3 Å². The molecule has 2 aliphatic carbocycles. The minimum atomic E-state index is 0.0144. The van der Waals surface area contributed by atoms with Crippen LogP contribution >= 0.6 is 0 Å². The van der Waals surface area contributed by atoms with Crippen molar-refractivity contribution in [3.8, 4) is 23.3 Å². The molecule has 1 aliphatic heterocycles. The van der Waals surface area contributed by atoms with E-state index >= 15 is 0 Å². The number of phenolic OH excluding ortho intramolecular Hbond substituents is 1. The standard InChI is InChI=1S/C21H30N2O2.C8H7NO2/c1-19(2)11-20(3,4)18(19)23-17(24)14-5-7-15(8-6-14)25-16-9-21(10-16)12-22-13-21;1-11-8-4-7(10)3-2-6(8)5-9/h5-8,16,18,22H,9-13H2,1-4H3,(H,23,24);2-4,10H,1H3. The van der Waals surface area contributed by atoms with Crippen molar-refractivity contribution in [2.45, 2.75) is 59.1 Å². The van der Waals surface area contributed by atoms with E-state index in [0.29, 0.717) is 28.4 Å². The zero-order chi connectivity index (χ0) is 26.1. The second-order valence-corrected chi connectivity index (χ2v) is 11.8. The van der Waals surface area contributed by atoms with Crippen molar-refractivity contribution in [2.24, 2.45) is 16.2 Å². The quantitative estimate of drug-likeness (QED) is 0.563. The number of nitrogens with one attached hydrogen (secondary N) is 2. The van der Waals surface area contributed by atoms with Gasteiger partial charge in [0, 0.05) is 36.2 Å². The highest BCUT2D eigenvalue weighted by molar-refractivity contribution is 5.94. The first-order valence-corrected chi connectivity index (χ1v) is 12.5. The first-order valence-electron chi connectivity index (χ1n) is 12.5. The number of amides is 1. The molecule has 2 aromatic carbocycles. The molecule has 192 valence electrons. The molecule has 0 atom stereocenters. The van der Waals surface area contributed by atoms with Crippen LogP contribution in [0, 0.1) is 27.6 Å². The number of carbonyl (C=O) groups is 1. The molecular formula is C29H37N3O4. The van der Waals surface area contributed by atoms with E-state index in [-0.39, 0.29) is 28.5 Å². The highest BCUT2D eigenvalue weighted by Crippen LogP contribution is 2.53. The number of ether oxygens (including phenoxy) is 2. The maximum absolute atomic E-state index is 12.6. The second kappa shape index (κ2) is 9.67. The molecular weight excluding hydrogens is 454 g/mol. The fourth-order valence-corrected chi connectivity index (χ4v) is 6.32. The van der Waals surface area contributed by atoms with Crippen LogP contribution in [-0.4, -0.2) is 43.4 Å². The third-order valence-corrected chi connectivity index (χ3v) is 7.80. The normalized spacial score (nSPS) is 22.4. The number of nitrogens with zero attached hydrogens (tertiary/aromatic N) is 1. The molecule has 1 amide bonds. The summed E-state index contributed by atoms with van der Waals surface area (Å²) in [4.78, 5) is 12.6. The van der Waals surface area contributed by atoms with Gasteiger partial charge in [0.2, 0.25) is 0 Å². The number of hydrogen-bond acceptors (Lipinski definition) is 6. The predicted octanol–water partition coefficient (Wildman–Crippen LogP) is 4.64. The first-order chi connectivity index (χ1) is 17.0. The molecule has 0 radical (unpaired) electrons. The molecule has 1 saturated heterocycles. The van der Waals surface area contributed by atoms with Crippen LogP contribution in [0.2, 0.25) is 0 Å². The molecule has 7 heteroatoms. The van der Waals surface area contributed by atoms with Crippen LogP contribution in [0.15, 0.2) is 42.5 Å². The van der Waals surface area contributed by atoms with Crippen LogP contribution in [0.3, 0.4) is 0 Å². The highest BCUT2D eigenvalue weighted by atomic mass is 16.5. The summed E-state index contributed by atoms with van der Waals surface area (Å²) >= 11 is 0. The molecule has 2 saturated carbocycles. The van der Waals surface area contributed by atoms with E-state index in [1.54, 1.807) is 0 Å². The largest absolute Gasteiger partial charge is 0.508 e. The molecule has 3 fully saturated rings. The zero-order valence-electron chi connectivity index (χ0n) is 21.9. The van der Waals surface area contributed by atoms with Crippen molar-refractivity contribution in [1.82, 2.24) is 10.6 Å². The fraction of sp³-hybridized carbons (Fsp3) is 0.517. The minimum Gasteiger partial charge on any atom is -0.508 e. The van der Waals surface area contributed by atoms with Crippen LogP contribution in [0.25, 0.3) is 0 Å². The zero-order valence-corrected chi connectivity index (χ0v) is 21.9. The number of nitriles is 1. The topological polar surface area (TPSA) is 104 Å². The lowest BCUT2D eigenvalue weighted by Gasteiger charge is -2.57. The van der Waals surface area contributed by atoms with Crippen molar-refractivity contribution in [3.63, 3.8) is 0 Å². The lowest BCUT2D eigenvalue weighted by Crippen LogP contribution is -2.63. The number of hydrogen-bond donors (Lipinski definition) is 3. The van der Waals surface area contributed by atoms with Gasteiger partial charge in [0.15, 0.2) is 0 Å². The SMILES string of the molecule is CC1(C)CC(C)(C)C1NC(=O)c1ccc(OC2CC3(CNC3)C2)cc1.COc1cc(O)ccc1C#N. The molecule has 1 spiro atoms. The monoisotopic (exact) mass is 491 g/mol. The van der Waals surface area contributed by atoms with E-state index in [1.165, 1.54) is 25.3 Å². The molecule has 0 bridgehead atoms. The summed E-state index contributed by atoms with van der Waals surface area (Å²) in [7, 11) is 1.45. The van der Waals surface area contributed by atoms with Gasteiger partial charge in [-0.1, -0.05) is 27.7 Å². The van der Waals surface area contributed by atoms with E-state index in [4.69, 9.17) is 19.8 Å². The Labute approximate surface area is 213 Å². The predicted molar refractivity (Wildman–Crippen MR) is 138 cm³/mol. The van der Waals surface area contributed by atoms with Crippen molar-refractivity contribution in [1.29, 1.82) is 5.26 Å². The summed E-state index contributed by atoms with van der Waals surface area (Å²) in [5.74, 6) is 1.38. The molecule has 1 heterocycles. The average molecular weight is 492 g/mol. The third-order valence-electron chi connectivity index (χ3n) is 7.80. The van der Waals surface area contributed by atoms with Gasteiger partial charge in [-0.05, 0) is 66.5 Å². The summed E-state index contributed by atoms with van der Waals surface area (Å²) in [5, 5.41) is 24.1. The lowest BCUT2D eigenvalue weighted by molar-refractivity contribution is -0.0495. The van der Waals surface area contributed by atoms with Gasteiger partial charge in [-0.25, -0.2) is 0 Å². The van der Waals surface area contributed by atoms with Crippen LogP contribution < -0.4 is 20.1 Å². The van der Waals surface area contributed by atoms with Crippen molar-refractivity contribution >= 4 is 5.91 Å². The number of benzene rings is 2. The smallest absolute Gasteiger partial charge is 0.251 e. The summed E-state index contributed by atoms with van der Waals surface area (Å²) in [6, 6.07) is 14.1. The molecule has 5 rings (SSSR count). The van der Waals surface area contributed by atoms with Gasteiger partial charge < -0.3 is 25.2 Å². The number of rotatable bonds is 5. The first kappa shape index (κ1) is 25.8. The molecule has 0 aromatic heterocycles. The van der Waals surface area contributed by atoms with Gasteiger partial charge in [0.05, 0.1) is 18.8 Å². The van der Waals surface area contributed by atoms with Gasteiger partial charge >= 0.3 is 0 Å². The Bertz CT molecular complexity index is 1120. The van der Waals surface area contributed by atoms with Crippen molar-refractivity contribution < 1.29 is 19.4 Å². The van der Waals surface area contributed by atoms with Crippen LogP contribution in [0.4, 0.5) is 0 Å². The second-order valence-electron chi connectivity index (χ2n) is 11.8. The van der Waals surface area contributed by atoms with Crippen LogP contribution in [0.1, 0.15) is 62.9 Å². The number of carbonyl (C=O) groups excluding carboxylic acids is 1. The lowest BCUT2D eigenvalue weighted by atomic mass is 9.52. The Morgan fingerprint density at radius 3 is 2.22 bits per heavy atom. The summed E-state index contributed by atoms with van der Waals surface area (Å²) in [6.07, 6.45) is 3.76. The van der Waals surface area contributed by atoms with Gasteiger partial charge in [-0.3, -0.25) is 4.79 Å². The van der Waals surface area contributed by atoms with E-state index in [9.17, 15) is 4.79 Å². The Kier molecular flexibility index (Phi) is 6.94. The highest BCUT2D eigenvalue weighted by Gasteiger charge is 2.53. The average Bonchev–Trinajstić information content (AvgIpc) is 2.78. The Hall–Kier alpha value is -3.24. The minimum absolute atomic E-state index is 0.0144. The maximum Gasteiger partial charge on any atom is 0.251 e. The molecule has 0 unspecified atom stereocenters. The molecule has 3 aliphatic rings. The number of phenols is 1. The molecule has 7 nitrogen and oxygen atoms in total. The third kappa shape index (κ3) is 5.29. The Morgan fingerprint density at radius 1 is 1.08 bits per heavy atom. The van der Waals surface area contributed by atoms with Crippen molar-refractivity contribution in [3.05, 3.63) is 53.6 Å². The van der Waals surface area contributed by atoms with E-state index < -0.39 is 0 Å². The van der Waals surface area contributed by atoms with Gasteiger partial charge in [0.25, 0.3) is 5.91 Å². The molecule has 2 aromatic rings. The fourth-order valence-electron chi connectivity index (χ4n) is 6.32. The van der Waals surface area contributed by atoms with Gasteiger partial charge in [-0.2, -0.15) is 5.26 Å². The molecule has 36 heavy (non-hydrogen) atoms. The van der Waals surface area contributed by atoms with Crippen molar-refractivity contribution in [2.75, 3.05) is 20.2 Å². The van der Waals surface area contributed by atoms with Crippen LogP contribution in [0.5, 0.6) is 17.2 Å². The van der Waals surface area contributed by atoms with E-state index in [0.717, 1.165) is 38.1 Å². The van der Waals surface area contributed by atoms with Gasteiger partial charge in [-0.15, -0.1) is 0 Å². The summed E-state index contributed by atoms with van der Waals surface area (Å²) in [6.45, 7) is 11.2. The van der Waals surface area contributed by atoms with Crippen LogP contribution in [-0.2, 0) is 0 Å². The maximum atomic E-state index is 12.6. The summed E-state index contributed by atoms with van der Waals surface area (Å²) < 4.78 is 10.9. The molecule has 3 N–H and O–H groups in total. The number of aromatic hydroxyl groups is 1. The van der Waals surface area contributed by atoms with E-state index in [1.807, 2.05) is 30.3 Å².